The Balaban J connectivity index is 1.37. The molecule has 2 heterocycles. The molecule has 1 aromatic carbocycles. The number of rotatable bonds is 8. The minimum absolute atomic E-state index is 0.0936. The zero-order valence-corrected chi connectivity index (χ0v) is 17.7. The number of methoxy groups -OCH3 is 1. The Morgan fingerprint density at radius 1 is 1.07 bits per heavy atom. The Morgan fingerprint density at radius 3 is 2.76 bits per heavy atom. The van der Waals surface area contributed by atoms with Gasteiger partial charge in [-0.3, -0.25) is 4.98 Å². The van der Waals surface area contributed by atoms with Crippen molar-refractivity contribution in [2.75, 3.05) is 26.8 Å². The average Bonchev–Trinajstić information content (AvgIpc) is 3.21. The first-order chi connectivity index (χ1) is 14.2. The lowest BCUT2D eigenvalue weighted by Gasteiger charge is -2.46. The zero-order chi connectivity index (χ0) is 20.0. The lowest BCUT2D eigenvalue weighted by Crippen LogP contribution is -2.47. The van der Waals surface area contributed by atoms with Crippen molar-refractivity contribution >= 4 is 0 Å². The van der Waals surface area contributed by atoms with E-state index in [2.05, 4.69) is 35.6 Å². The van der Waals surface area contributed by atoms with E-state index in [1.807, 2.05) is 18.3 Å². The summed E-state index contributed by atoms with van der Waals surface area (Å²) in [6.07, 6.45) is 11.3. The van der Waals surface area contributed by atoms with Crippen molar-refractivity contribution < 1.29 is 9.47 Å². The highest BCUT2D eigenvalue weighted by Gasteiger charge is 2.48. The molecular weight excluding hydrogens is 360 g/mol. The first-order valence-electron chi connectivity index (χ1n) is 11.1. The highest BCUT2D eigenvalue weighted by molar-refractivity contribution is 5.28. The second-order valence-corrected chi connectivity index (χ2v) is 8.76. The van der Waals surface area contributed by atoms with Crippen LogP contribution in [0.5, 0.6) is 5.75 Å². The standard InChI is InChI=1S/C25H34N2O2/c1-28-22-8-6-7-21(19-22)10-16-26-17-13-24(23-9-2-5-15-27-23)14-18-29-25(20-24)11-3-4-12-25/h2,5-9,15,19,26H,3-4,10-14,16-18,20H2,1H3. The average molecular weight is 395 g/mol. The lowest BCUT2D eigenvalue weighted by molar-refractivity contribution is -0.104. The fraction of sp³-hybridized carbons (Fsp3) is 0.560. The molecule has 1 N–H and O–H groups in total. The summed E-state index contributed by atoms with van der Waals surface area (Å²) in [5, 5.41) is 3.68. The summed E-state index contributed by atoms with van der Waals surface area (Å²) in [4.78, 5) is 4.80. The van der Waals surface area contributed by atoms with Crippen LogP contribution in [-0.4, -0.2) is 37.4 Å². The lowest BCUT2D eigenvalue weighted by atomic mass is 9.68. The van der Waals surface area contributed by atoms with Gasteiger partial charge in [-0.15, -0.1) is 0 Å². The summed E-state index contributed by atoms with van der Waals surface area (Å²) in [6.45, 7) is 2.85. The van der Waals surface area contributed by atoms with Crippen LogP contribution in [0.2, 0.25) is 0 Å². The molecule has 4 rings (SSSR count). The molecule has 1 atom stereocenters. The van der Waals surface area contributed by atoms with E-state index in [-0.39, 0.29) is 11.0 Å². The van der Waals surface area contributed by atoms with E-state index in [9.17, 15) is 0 Å². The van der Waals surface area contributed by atoms with Crippen molar-refractivity contribution in [2.45, 2.75) is 62.4 Å². The first kappa shape index (κ1) is 20.4. The van der Waals surface area contributed by atoms with Crippen molar-refractivity contribution in [1.82, 2.24) is 10.3 Å². The summed E-state index contributed by atoms with van der Waals surface area (Å²) < 4.78 is 11.7. The van der Waals surface area contributed by atoms with Gasteiger partial charge in [0.25, 0.3) is 0 Å². The minimum Gasteiger partial charge on any atom is -0.497 e. The Labute approximate surface area is 175 Å². The normalized spacial score (nSPS) is 23.3. The molecule has 29 heavy (non-hydrogen) atoms. The third-order valence-corrected chi connectivity index (χ3v) is 6.88. The molecule has 1 spiro atoms. The van der Waals surface area contributed by atoms with Crippen LogP contribution < -0.4 is 10.1 Å². The topological polar surface area (TPSA) is 43.4 Å². The second-order valence-electron chi connectivity index (χ2n) is 8.76. The molecular formula is C25H34N2O2. The number of benzene rings is 1. The predicted octanol–water partition coefficient (Wildman–Crippen LogP) is 4.67. The van der Waals surface area contributed by atoms with Gasteiger partial charge in [-0.2, -0.15) is 0 Å². The Bertz CT molecular complexity index is 773. The first-order valence-corrected chi connectivity index (χ1v) is 11.1. The van der Waals surface area contributed by atoms with Crippen LogP contribution in [-0.2, 0) is 16.6 Å². The van der Waals surface area contributed by atoms with Gasteiger partial charge in [-0.25, -0.2) is 0 Å². The molecule has 1 unspecified atom stereocenters. The van der Waals surface area contributed by atoms with Crippen LogP contribution in [0.25, 0.3) is 0 Å². The highest BCUT2D eigenvalue weighted by atomic mass is 16.5. The van der Waals surface area contributed by atoms with E-state index < -0.39 is 0 Å². The maximum atomic E-state index is 6.35. The number of pyridine rings is 1. The quantitative estimate of drug-likeness (QED) is 0.661. The van der Waals surface area contributed by atoms with E-state index in [4.69, 9.17) is 14.5 Å². The Morgan fingerprint density at radius 2 is 1.97 bits per heavy atom. The SMILES string of the molecule is COc1cccc(CCNCCC2(c3ccccn3)CCOC3(CCCC3)C2)c1. The summed E-state index contributed by atoms with van der Waals surface area (Å²) in [7, 11) is 1.72. The largest absolute Gasteiger partial charge is 0.497 e. The molecule has 0 radical (unpaired) electrons. The molecule has 1 saturated heterocycles. The number of hydrogen-bond donors (Lipinski definition) is 1. The van der Waals surface area contributed by atoms with Crippen LogP contribution in [0, 0.1) is 0 Å². The maximum absolute atomic E-state index is 6.35. The molecule has 156 valence electrons. The van der Waals surface area contributed by atoms with E-state index in [1.54, 1.807) is 7.11 Å². The van der Waals surface area contributed by atoms with Crippen molar-refractivity contribution in [1.29, 1.82) is 0 Å². The van der Waals surface area contributed by atoms with Crippen LogP contribution >= 0.6 is 0 Å². The summed E-state index contributed by atoms with van der Waals surface area (Å²) in [5.41, 5.74) is 2.79. The van der Waals surface area contributed by atoms with Gasteiger partial charge in [0.05, 0.1) is 12.7 Å². The van der Waals surface area contributed by atoms with Crippen molar-refractivity contribution in [3.05, 3.63) is 59.9 Å². The van der Waals surface area contributed by atoms with Gasteiger partial charge in [0.15, 0.2) is 0 Å². The molecule has 1 aliphatic carbocycles. The van der Waals surface area contributed by atoms with Crippen LogP contribution in [0.1, 0.15) is 56.2 Å². The van der Waals surface area contributed by atoms with Gasteiger partial charge in [0.2, 0.25) is 0 Å². The maximum Gasteiger partial charge on any atom is 0.119 e. The molecule has 0 amide bonds. The monoisotopic (exact) mass is 394 g/mol. The molecule has 2 aromatic rings. The van der Waals surface area contributed by atoms with Gasteiger partial charge in [-0.05, 0) is 81.4 Å². The molecule has 2 aliphatic rings. The minimum atomic E-state index is 0.0936. The molecule has 1 aliphatic heterocycles. The van der Waals surface area contributed by atoms with E-state index in [1.165, 1.54) is 36.9 Å². The van der Waals surface area contributed by atoms with E-state index in [0.717, 1.165) is 51.1 Å². The highest BCUT2D eigenvalue weighted by Crippen LogP contribution is 2.49. The van der Waals surface area contributed by atoms with Gasteiger partial charge in [0, 0.05) is 23.9 Å². The number of nitrogens with one attached hydrogen (secondary N) is 1. The van der Waals surface area contributed by atoms with Gasteiger partial charge in [-0.1, -0.05) is 31.0 Å². The zero-order valence-electron chi connectivity index (χ0n) is 17.7. The third kappa shape index (κ3) is 4.81. The third-order valence-electron chi connectivity index (χ3n) is 6.88. The van der Waals surface area contributed by atoms with Crippen molar-refractivity contribution in [3.8, 4) is 5.75 Å². The molecule has 2 fully saturated rings. The van der Waals surface area contributed by atoms with Crippen LogP contribution in [0.3, 0.4) is 0 Å². The summed E-state index contributed by atoms with van der Waals surface area (Å²) in [6, 6.07) is 14.7. The Hall–Kier alpha value is -1.91. The molecule has 4 heteroatoms. The molecule has 4 nitrogen and oxygen atoms in total. The van der Waals surface area contributed by atoms with E-state index in [0.29, 0.717) is 0 Å². The van der Waals surface area contributed by atoms with Crippen LogP contribution in [0.4, 0.5) is 0 Å². The summed E-state index contributed by atoms with van der Waals surface area (Å²) >= 11 is 0. The fourth-order valence-corrected chi connectivity index (χ4v) is 5.31. The molecule has 1 saturated carbocycles. The van der Waals surface area contributed by atoms with Gasteiger partial charge < -0.3 is 14.8 Å². The van der Waals surface area contributed by atoms with Gasteiger partial charge in [0.1, 0.15) is 5.75 Å². The Kier molecular flexibility index (Phi) is 6.51. The molecule has 1 aromatic heterocycles. The van der Waals surface area contributed by atoms with Crippen LogP contribution in [0.15, 0.2) is 48.7 Å². The number of aromatic nitrogens is 1. The number of nitrogens with zero attached hydrogens (tertiary/aromatic N) is 1. The van der Waals surface area contributed by atoms with Gasteiger partial charge >= 0.3 is 0 Å². The van der Waals surface area contributed by atoms with Crippen molar-refractivity contribution in [3.63, 3.8) is 0 Å². The number of hydrogen-bond acceptors (Lipinski definition) is 4. The summed E-state index contributed by atoms with van der Waals surface area (Å²) in [5.74, 6) is 0.931. The van der Waals surface area contributed by atoms with E-state index >= 15 is 0 Å². The second kappa shape index (κ2) is 9.27. The predicted molar refractivity (Wildman–Crippen MR) is 116 cm³/mol. The van der Waals surface area contributed by atoms with Crippen molar-refractivity contribution in [2.24, 2.45) is 0 Å². The number of ether oxygens (including phenoxy) is 2. The smallest absolute Gasteiger partial charge is 0.119 e. The fourth-order valence-electron chi connectivity index (χ4n) is 5.31. The molecule has 0 bridgehead atoms.